The highest BCUT2D eigenvalue weighted by molar-refractivity contribution is 5.78. The van der Waals surface area contributed by atoms with E-state index in [2.05, 4.69) is 13.0 Å². The number of hydrogen-bond acceptors (Lipinski definition) is 5. The lowest BCUT2D eigenvalue weighted by atomic mass is 10.1. The molecular weight excluding hydrogens is 272 g/mol. The zero-order chi connectivity index (χ0) is 15.1. The Balaban J connectivity index is 1.66. The lowest BCUT2D eigenvalue weighted by molar-refractivity contribution is -0.240. The molecule has 0 amide bonds. The van der Waals surface area contributed by atoms with Crippen molar-refractivity contribution in [3.63, 3.8) is 0 Å². The molecule has 0 saturated carbocycles. The van der Waals surface area contributed by atoms with E-state index < -0.39 is 12.6 Å². The summed E-state index contributed by atoms with van der Waals surface area (Å²) in [4.78, 5) is 11.6. The van der Waals surface area contributed by atoms with E-state index >= 15 is 0 Å². The smallest absolute Gasteiger partial charge is 0.339 e. The SMILES string of the molecule is CCCCCCCC/C=C\[C@@H]1OC(=O)[C@H]2O[C@@H](OC)O[C@@H]12. The van der Waals surface area contributed by atoms with Gasteiger partial charge in [-0.2, -0.15) is 0 Å². The van der Waals surface area contributed by atoms with Crippen LogP contribution in [0, 0.1) is 0 Å². The van der Waals surface area contributed by atoms with E-state index in [1.54, 1.807) is 0 Å². The first kappa shape index (κ1) is 16.5. The molecule has 2 saturated heterocycles. The lowest BCUT2D eigenvalue weighted by Crippen LogP contribution is -2.27. The first-order valence-electron chi connectivity index (χ1n) is 7.97. The molecule has 5 heteroatoms. The van der Waals surface area contributed by atoms with Crippen molar-refractivity contribution < 1.29 is 23.7 Å². The third kappa shape index (κ3) is 4.53. The number of unbranched alkanes of at least 4 members (excludes halogenated alkanes) is 6. The molecule has 0 aromatic carbocycles. The second-order valence-corrected chi connectivity index (χ2v) is 5.57. The highest BCUT2D eigenvalue weighted by atomic mass is 16.9. The largest absolute Gasteiger partial charge is 0.453 e. The van der Waals surface area contributed by atoms with Crippen molar-refractivity contribution in [3.8, 4) is 0 Å². The van der Waals surface area contributed by atoms with Gasteiger partial charge in [-0.1, -0.05) is 45.1 Å². The van der Waals surface area contributed by atoms with Crippen LogP contribution in [0.25, 0.3) is 0 Å². The Morgan fingerprint density at radius 2 is 1.90 bits per heavy atom. The van der Waals surface area contributed by atoms with Crippen molar-refractivity contribution in [3.05, 3.63) is 12.2 Å². The fourth-order valence-electron chi connectivity index (χ4n) is 2.67. The molecule has 0 N–H and O–H groups in total. The van der Waals surface area contributed by atoms with Crippen molar-refractivity contribution >= 4 is 5.97 Å². The number of carbonyl (C=O) groups is 1. The quantitative estimate of drug-likeness (QED) is 0.372. The Hall–Kier alpha value is -0.910. The monoisotopic (exact) mass is 298 g/mol. The topological polar surface area (TPSA) is 54.0 Å². The number of fused-ring (bicyclic) bond motifs is 1. The van der Waals surface area contributed by atoms with Gasteiger partial charge in [-0.3, -0.25) is 0 Å². The highest BCUT2D eigenvalue weighted by Gasteiger charge is 2.52. The number of carbonyl (C=O) groups excluding carboxylic acids is 1. The summed E-state index contributed by atoms with van der Waals surface area (Å²) in [6.45, 7) is 1.46. The minimum atomic E-state index is -0.762. The molecule has 0 radical (unpaired) electrons. The Morgan fingerprint density at radius 3 is 2.67 bits per heavy atom. The molecule has 120 valence electrons. The van der Waals surface area contributed by atoms with Gasteiger partial charge in [-0.25, -0.2) is 4.79 Å². The molecule has 4 atom stereocenters. The first-order valence-corrected chi connectivity index (χ1v) is 7.97. The number of ether oxygens (including phenoxy) is 4. The maximum absolute atomic E-state index is 11.6. The molecule has 0 aliphatic carbocycles. The van der Waals surface area contributed by atoms with Crippen molar-refractivity contribution in [1.29, 1.82) is 0 Å². The maximum atomic E-state index is 11.6. The molecule has 2 fully saturated rings. The van der Waals surface area contributed by atoms with Crippen molar-refractivity contribution in [2.24, 2.45) is 0 Å². The van der Waals surface area contributed by atoms with Crippen LogP contribution in [0.1, 0.15) is 51.9 Å². The van der Waals surface area contributed by atoms with Gasteiger partial charge in [0.25, 0.3) is 6.48 Å². The Bertz CT molecular complexity index is 355. The fraction of sp³-hybridized carbons (Fsp3) is 0.812. The lowest BCUT2D eigenvalue weighted by Gasteiger charge is -2.13. The van der Waals surface area contributed by atoms with Crippen LogP contribution in [0.5, 0.6) is 0 Å². The zero-order valence-electron chi connectivity index (χ0n) is 13.0. The predicted octanol–water partition coefficient (Wildman–Crippen LogP) is 2.93. The third-order valence-electron chi connectivity index (χ3n) is 3.88. The van der Waals surface area contributed by atoms with Gasteiger partial charge in [-0.15, -0.1) is 0 Å². The molecule has 0 spiro atoms. The Labute approximate surface area is 126 Å². The van der Waals surface area contributed by atoms with Gasteiger partial charge in [0.1, 0.15) is 12.2 Å². The van der Waals surface area contributed by atoms with Gasteiger partial charge >= 0.3 is 5.97 Å². The van der Waals surface area contributed by atoms with E-state index in [1.807, 2.05) is 6.08 Å². The second kappa shape index (κ2) is 8.51. The van der Waals surface area contributed by atoms with Gasteiger partial charge in [0.15, 0.2) is 6.10 Å². The molecule has 21 heavy (non-hydrogen) atoms. The van der Waals surface area contributed by atoms with E-state index in [9.17, 15) is 4.79 Å². The number of methoxy groups -OCH3 is 1. The average Bonchev–Trinajstić information content (AvgIpc) is 3.03. The highest BCUT2D eigenvalue weighted by Crippen LogP contribution is 2.31. The van der Waals surface area contributed by atoms with Crippen molar-refractivity contribution in [1.82, 2.24) is 0 Å². The normalized spacial score (nSPS) is 31.8. The van der Waals surface area contributed by atoms with E-state index in [0.717, 1.165) is 6.42 Å². The maximum Gasteiger partial charge on any atom is 0.339 e. The van der Waals surface area contributed by atoms with Crippen molar-refractivity contribution in [2.75, 3.05) is 7.11 Å². The van der Waals surface area contributed by atoms with Crippen LogP contribution >= 0.6 is 0 Å². The molecular formula is C16H26O5. The minimum Gasteiger partial charge on any atom is -0.453 e. The molecule has 0 bridgehead atoms. The van der Waals surface area contributed by atoms with Crippen molar-refractivity contribution in [2.45, 2.75) is 76.7 Å². The third-order valence-corrected chi connectivity index (χ3v) is 3.88. The molecule has 2 heterocycles. The number of esters is 1. The van der Waals surface area contributed by atoms with Crippen LogP contribution in [0.3, 0.4) is 0 Å². The van der Waals surface area contributed by atoms with Crippen LogP contribution in [0.15, 0.2) is 12.2 Å². The fourth-order valence-corrected chi connectivity index (χ4v) is 2.67. The average molecular weight is 298 g/mol. The van der Waals surface area contributed by atoms with Gasteiger partial charge in [-0.05, 0) is 18.9 Å². The first-order chi connectivity index (χ1) is 10.3. The minimum absolute atomic E-state index is 0.359. The molecule has 2 aliphatic heterocycles. The second-order valence-electron chi connectivity index (χ2n) is 5.57. The summed E-state index contributed by atoms with van der Waals surface area (Å²) in [5, 5.41) is 0. The summed E-state index contributed by atoms with van der Waals surface area (Å²) in [7, 11) is 1.49. The molecule has 2 rings (SSSR count). The number of allylic oxidation sites excluding steroid dienone is 1. The molecule has 0 aromatic heterocycles. The van der Waals surface area contributed by atoms with Crippen LogP contribution in [0.4, 0.5) is 0 Å². The van der Waals surface area contributed by atoms with Crippen LogP contribution in [-0.4, -0.2) is 37.9 Å². The Kier molecular flexibility index (Phi) is 6.67. The summed E-state index contributed by atoms with van der Waals surface area (Å²) < 4.78 is 21.0. The molecule has 5 nitrogen and oxygen atoms in total. The molecule has 2 aliphatic rings. The zero-order valence-corrected chi connectivity index (χ0v) is 13.0. The number of hydrogen-bond donors (Lipinski definition) is 0. The van der Waals surface area contributed by atoms with Gasteiger partial charge in [0.2, 0.25) is 0 Å². The van der Waals surface area contributed by atoms with Gasteiger partial charge in [0.05, 0.1) is 0 Å². The molecule has 0 unspecified atom stereocenters. The predicted molar refractivity (Wildman–Crippen MR) is 77.6 cm³/mol. The van der Waals surface area contributed by atoms with E-state index in [4.69, 9.17) is 18.9 Å². The Morgan fingerprint density at radius 1 is 1.14 bits per heavy atom. The van der Waals surface area contributed by atoms with E-state index in [0.29, 0.717) is 0 Å². The summed E-state index contributed by atoms with van der Waals surface area (Å²) in [5.41, 5.74) is 0. The van der Waals surface area contributed by atoms with E-state index in [-0.39, 0.29) is 18.2 Å². The summed E-state index contributed by atoms with van der Waals surface area (Å²) in [6.07, 6.45) is 11.3. The molecule has 0 aromatic rings. The summed E-state index contributed by atoms with van der Waals surface area (Å²) >= 11 is 0. The summed E-state index contributed by atoms with van der Waals surface area (Å²) in [6, 6.07) is 0. The van der Waals surface area contributed by atoms with Crippen LogP contribution in [0.2, 0.25) is 0 Å². The van der Waals surface area contributed by atoms with E-state index in [1.165, 1.54) is 45.6 Å². The van der Waals surface area contributed by atoms with Crippen LogP contribution in [-0.2, 0) is 23.7 Å². The number of rotatable bonds is 9. The van der Waals surface area contributed by atoms with Crippen LogP contribution < -0.4 is 0 Å². The number of cyclic esters (lactones) is 1. The standard InChI is InChI=1S/C16H26O5/c1-3-4-5-6-7-8-9-10-11-12-13-14(15(17)19-12)21-16(18-2)20-13/h10-14,16H,3-9H2,1-2H3/b11-10-/t12-,13-,14-,16-/m0/s1. The van der Waals surface area contributed by atoms with Gasteiger partial charge < -0.3 is 18.9 Å². The summed E-state index contributed by atoms with van der Waals surface area (Å²) in [5.74, 6) is -0.367. The van der Waals surface area contributed by atoms with Gasteiger partial charge in [0, 0.05) is 7.11 Å².